The van der Waals surface area contributed by atoms with Gasteiger partial charge in [0, 0.05) is 22.2 Å². The van der Waals surface area contributed by atoms with Crippen LogP contribution in [0.15, 0.2) is 50.8 Å². The second-order valence-corrected chi connectivity index (χ2v) is 8.93. The molecule has 2 aromatic carbocycles. The van der Waals surface area contributed by atoms with Gasteiger partial charge in [-0.1, -0.05) is 37.2 Å². The van der Waals surface area contributed by atoms with Gasteiger partial charge in [0.1, 0.15) is 11.3 Å². The van der Waals surface area contributed by atoms with Crippen molar-refractivity contribution < 1.29 is 9.15 Å². The van der Waals surface area contributed by atoms with Crippen LogP contribution in [-0.2, 0) is 5.75 Å². The van der Waals surface area contributed by atoms with Crippen LogP contribution in [0.3, 0.4) is 0 Å². The van der Waals surface area contributed by atoms with Crippen molar-refractivity contribution in [2.24, 2.45) is 0 Å². The number of thioether (sulfide) groups is 1. The van der Waals surface area contributed by atoms with Crippen LogP contribution in [0, 0.1) is 6.92 Å². The third-order valence-corrected chi connectivity index (χ3v) is 6.21. The van der Waals surface area contributed by atoms with E-state index >= 15 is 0 Å². The molecule has 6 nitrogen and oxygen atoms in total. The molecule has 31 heavy (non-hydrogen) atoms. The van der Waals surface area contributed by atoms with E-state index in [-0.39, 0.29) is 5.63 Å². The van der Waals surface area contributed by atoms with Gasteiger partial charge in [-0.3, -0.25) is 5.10 Å². The minimum Gasteiger partial charge on any atom is -0.496 e. The number of halogens is 1. The number of hydrogen-bond donors (Lipinski definition) is 1. The molecule has 0 bridgehead atoms. The Labute approximate surface area is 189 Å². The summed E-state index contributed by atoms with van der Waals surface area (Å²) in [5.74, 6) is 2.13. The number of rotatable bonds is 6. The highest BCUT2D eigenvalue weighted by atomic mass is 35.5. The lowest BCUT2D eigenvalue weighted by molar-refractivity contribution is 0.416. The van der Waals surface area contributed by atoms with E-state index in [1.54, 1.807) is 31.4 Å². The van der Waals surface area contributed by atoms with Gasteiger partial charge < -0.3 is 9.15 Å². The van der Waals surface area contributed by atoms with Crippen LogP contribution in [0.2, 0.25) is 5.02 Å². The van der Waals surface area contributed by atoms with Crippen molar-refractivity contribution in [3.63, 3.8) is 0 Å². The molecule has 4 aromatic rings. The van der Waals surface area contributed by atoms with Crippen LogP contribution >= 0.6 is 23.4 Å². The lowest BCUT2D eigenvalue weighted by Crippen LogP contribution is -2.02. The molecule has 0 radical (unpaired) electrons. The Morgan fingerprint density at radius 3 is 2.77 bits per heavy atom. The second kappa shape index (κ2) is 8.77. The lowest BCUT2D eigenvalue weighted by atomic mass is 9.95. The summed E-state index contributed by atoms with van der Waals surface area (Å²) in [4.78, 5) is 16.7. The summed E-state index contributed by atoms with van der Waals surface area (Å²) in [7, 11) is 1.60. The van der Waals surface area contributed by atoms with Gasteiger partial charge in [0.15, 0.2) is 5.82 Å². The Hall–Kier alpha value is -2.77. The van der Waals surface area contributed by atoms with Crippen molar-refractivity contribution in [2.75, 3.05) is 7.11 Å². The maximum atomic E-state index is 12.1. The first-order chi connectivity index (χ1) is 14.9. The van der Waals surface area contributed by atoms with E-state index in [9.17, 15) is 4.79 Å². The number of nitrogens with zero attached hydrogens (tertiary/aromatic N) is 2. The van der Waals surface area contributed by atoms with E-state index in [0.29, 0.717) is 39.0 Å². The molecule has 1 N–H and O–H groups in total. The molecule has 2 heterocycles. The number of H-pyrrole nitrogens is 1. The summed E-state index contributed by atoms with van der Waals surface area (Å²) < 4.78 is 10.8. The standard InChI is InChI=1S/C23H22ClN3O3S/c1-12(2)16-10-17-14(8-21(28)30-20(17)7-13(16)3)11-31-23-25-22(26-27-23)18-9-15(24)5-6-19(18)29-4/h5-10,12H,11H2,1-4H3,(H,25,26,27). The fourth-order valence-corrected chi connectivity index (χ4v) is 4.53. The Morgan fingerprint density at radius 2 is 2.03 bits per heavy atom. The number of methoxy groups -OCH3 is 1. The van der Waals surface area contributed by atoms with Crippen LogP contribution < -0.4 is 10.4 Å². The summed E-state index contributed by atoms with van der Waals surface area (Å²) in [6.45, 7) is 6.34. The molecule has 2 aromatic heterocycles. The van der Waals surface area contributed by atoms with Gasteiger partial charge in [-0.05, 0) is 59.9 Å². The van der Waals surface area contributed by atoms with Gasteiger partial charge in [0.05, 0.1) is 12.7 Å². The predicted molar refractivity (Wildman–Crippen MR) is 124 cm³/mol. The van der Waals surface area contributed by atoms with Crippen molar-refractivity contribution in [3.05, 3.63) is 68.5 Å². The van der Waals surface area contributed by atoms with Gasteiger partial charge in [0.2, 0.25) is 5.16 Å². The number of ether oxygens (including phenoxy) is 1. The van der Waals surface area contributed by atoms with E-state index in [1.807, 2.05) is 13.0 Å². The first-order valence-electron chi connectivity index (χ1n) is 9.82. The number of aromatic amines is 1. The smallest absolute Gasteiger partial charge is 0.336 e. The molecule has 4 rings (SSSR count). The molecule has 0 saturated heterocycles. The summed E-state index contributed by atoms with van der Waals surface area (Å²) in [5, 5.41) is 9.33. The summed E-state index contributed by atoms with van der Waals surface area (Å²) in [6, 6.07) is 10.9. The fraction of sp³-hybridized carbons (Fsp3) is 0.261. The minimum absolute atomic E-state index is 0.362. The Balaban J connectivity index is 1.64. The molecule has 0 fully saturated rings. The molecule has 160 valence electrons. The van der Waals surface area contributed by atoms with Gasteiger partial charge in [-0.25, -0.2) is 9.78 Å². The summed E-state index contributed by atoms with van der Waals surface area (Å²) in [5.41, 5.74) is 4.22. The van der Waals surface area contributed by atoms with E-state index < -0.39 is 0 Å². The van der Waals surface area contributed by atoms with Crippen LogP contribution in [0.4, 0.5) is 0 Å². The lowest BCUT2D eigenvalue weighted by Gasteiger charge is -2.12. The number of aryl methyl sites for hydroxylation is 1. The van der Waals surface area contributed by atoms with Crippen molar-refractivity contribution in [1.29, 1.82) is 0 Å². The first-order valence-corrected chi connectivity index (χ1v) is 11.2. The molecule has 0 amide bonds. The Morgan fingerprint density at radius 1 is 1.23 bits per heavy atom. The van der Waals surface area contributed by atoms with Crippen LogP contribution in [0.5, 0.6) is 5.75 Å². The van der Waals surface area contributed by atoms with Crippen LogP contribution in [-0.4, -0.2) is 22.3 Å². The topological polar surface area (TPSA) is 81.0 Å². The Kier molecular flexibility index (Phi) is 6.07. The molecule has 0 aliphatic heterocycles. The van der Waals surface area contributed by atoms with E-state index in [4.69, 9.17) is 20.8 Å². The highest BCUT2D eigenvalue weighted by Gasteiger charge is 2.15. The average Bonchev–Trinajstić information content (AvgIpc) is 3.20. The highest BCUT2D eigenvalue weighted by molar-refractivity contribution is 7.98. The number of hydrogen-bond acceptors (Lipinski definition) is 6. The monoisotopic (exact) mass is 455 g/mol. The molecule has 8 heteroatoms. The second-order valence-electron chi connectivity index (χ2n) is 7.55. The molecular weight excluding hydrogens is 434 g/mol. The largest absolute Gasteiger partial charge is 0.496 e. The minimum atomic E-state index is -0.362. The Bertz CT molecular complexity index is 1310. The zero-order valence-electron chi connectivity index (χ0n) is 17.7. The molecule has 0 saturated carbocycles. The van der Waals surface area contributed by atoms with Gasteiger partial charge >= 0.3 is 5.63 Å². The zero-order chi connectivity index (χ0) is 22.1. The van der Waals surface area contributed by atoms with Crippen molar-refractivity contribution in [2.45, 2.75) is 37.6 Å². The van der Waals surface area contributed by atoms with Gasteiger partial charge in [-0.2, -0.15) is 0 Å². The number of fused-ring (bicyclic) bond motifs is 1. The van der Waals surface area contributed by atoms with E-state index in [2.05, 4.69) is 35.1 Å². The molecule has 0 spiro atoms. The molecule has 0 unspecified atom stereocenters. The van der Waals surface area contributed by atoms with E-state index in [0.717, 1.165) is 22.1 Å². The van der Waals surface area contributed by atoms with Crippen molar-refractivity contribution in [3.8, 4) is 17.1 Å². The predicted octanol–water partition coefficient (Wildman–Crippen LogP) is 5.96. The maximum absolute atomic E-state index is 12.1. The summed E-state index contributed by atoms with van der Waals surface area (Å²) in [6.07, 6.45) is 0. The SMILES string of the molecule is COc1ccc(Cl)cc1-c1nc(SCc2cc(=O)oc3cc(C)c(C(C)C)cc23)n[nH]1. The average molecular weight is 456 g/mol. The van der Waals surface area contributed by atoms with Gasteiger partial charge in [0.25, 0.3) is 0 Å². The maximum Gasteiger partial charge on any atom is 0.336 e. The molecule has 0 aliphatic rings. The van der Waals surface area contributed by atoms with Crippen LogP contribution in [0.25, 0.3) is 22.4 Å². The highest BCUT2D eigenvalue weighted by Crippen LogP contribution is 2.33. The summed E-state index contributed by atoms with van der Waals surface area (Å²) >= 11 is 7.57. The zero-order valence-corrected chi connectivity index (χ0v) is 19.2. The number of aromatic nitrogens is 3. The molecule has 0 atom stereocenters. The van der Waals surface area contributed by atoms with Crippen molar-refractivity contribution >= 4 is 34.3 Å². The van der Waals surface area contributed by atoms with Crippen molar-refractivity contribution in [1.82, 2.24) is 15.2 Å². The third kappa shape index (κ3) is 4.48. The number of nitrogens with one attached hydrogen (secondary N) is 1. The van der Waals surface area contributed by atoms with Crippen LogP contribution in [0.1, 0.15) is 36.5 Å². The molecular formula is C23H22ClN3O3S. The first kappa shape index (κ1) is 21.5. The van der Waals surface area contributed by atoms with E-state index in [1.165, 1.54) is 17.3 Å². The number of benzene rings is 2. The van der Waals surface area contributed by atoms with Gasteiger partial charge in [-0.15, -0.1) is 5.10 Å². The third-order valence-electron chi connectivity index (χ3n) is 5.08. The normalized spacial score (nSPS) is 11.4. The molecule has 0 aliphatic carbocycles. The quantitative estimate of drug-likeness (QED) is 0.285. The fourth-order valence-electron chi connectivity index (χ4n) is 3.57.